The van der Waals surface area contributed by atoms with E-state index in [1.54, 1.807) is 44.2 Å². The molecule has 0 unspecified atom stereocenters. The van der Waals surface area contributed by atoms with Crippen molar-refractivity contribution in [2.75, 3.05) is 0 Å². The van der Waals surface area contributed by atoms with Crippen LogP contribution in [0.15, 0.2) is 53.6 Å². The average molecular weight is 603 g/mol. The third kappa shape index (κ3) is 4.05. The fraction of sp³-hybridized carbons (Fsp3) is 0.632. The predicted octanol–water partition coefficient (Wildman–Crippen LogP) is 8.01. The van der Waals surface area contributed by atoms with Gasteiger partial charge in [-0.3, -0.25) is 24.4 Å². The lowest BCUT2D eigenvalue weighted by Crippen LogP contribution is -2.75. The predicted molar refractivity (Wildman–Crippen MR) is 170 cm³/mol. The first kappa shape index (κ1) is 32.7. The molecule has 44 heavy (non-hydrogen) atoms. The van der Waals surface area contributed by atoms with Crippen molar-refractivity contribution in [3.8, 4) is 0 Å². The lowest BCUT2D eigenvalue weighted by atomic mass is 9.37. The smallest absolute Gasteiger partial charge is 0.184 e. The summed E-state index contributed by atoms with van der Waals surface area (Å²) in [5.41, 5.74) is -4.99. The topological polar surface area (TPSA) is 97.7 Å². The fourth-order valence-corrected chi connectivity index (χ4v) is 10.3. The monoisotopic (exact) mass is 602 g/mol. The van der Waals surface area contributed by atoms with E-state index in [0.29, 0.717) is 18.4 Å². The Hall–Kier alpha value is -2.70. The van der Waals surface area contributed by atoms with Crippen LogP contribution in [0.25, 0.3) is 0 Å². The maximum Gasteiger partial charge on any atom is 0.184 e. The highest BCUT2D eigenvalue weighted by Crippen LogP contribution is 2.77. The van der Waals surface area contributed by atoms with Gasteiger partial charge in [0.25, 0.3) is 0 Å². The molecule has 0 radical (unpaired) electrons. The summed E-state index contributed by atoms with van der Waals surface area (Å²) in [5.74, 6) is -2.80. The molecule has 5 fully saturated rings. The van der Waals surface area contributed by atoms with Gasteiger partial charge in [-0.25, -0.2) is 4.89 Å². The van der Waals surface area contributed by atoms with Gasteiger partial charge in [-0.05, 0) is 102 Å². The van der Waals surface area contributed by atoms with Gasteiger partial charge in [-0.1, -0.05) is 81.3 Å². The van der Waals surface area contributed by atoms with Crippen molar-refractivity contribution in [3.05, 3.63) is 59.2 Å². The molecule has 6 nitrogen and oxygen atoms in total. The van der Waals surface area contributed by atoms with Crippen molar-refractivity contribution in [1.29, 1.82) is 0 Å². The third-order valence-corrected chi connectivity index (χ3v) is 12.7. The minimum Gasteiger partial charge on any atom is -0.297 e. The van der Waals surface area contributed by atoms with Crippen LogP contribution in [-0.4, -0.2) is 34.0 Å². The van der Waals surface area contributed by atoms with Gasteiger partial charge in [0.05, 0.1) is 10.8 Å². The van der Waals surface area contributed by atoms with Crippen LogP contribution >= 0.6 is 0 Å². The summed E-state index contributed by atoms with van der Waals surface area (Å²) in [6.45, 7) is 17.7. The van der Waals surface area contributed by atoms with E-state index >= 15 is 14.4 Å². The van der Waals surface area contributed by atoms with E-state index in [-0.39, 0.29) is 30.5 Å². The van der Waals surface area contributed by atoms with Crippen LogP contribution in [0.4, 0.5) is 0 Å². The maximum atomic E-state index is 15.5. The number of rotatable bonds is 9. The first-order valence-corrected chi connectivity index (χ1v) is 16.2. The quantitative estimate of drug-likeness (QED) is 0.101. The second kappa shape index (κ2) is 10.4. The van der Waals surface area contributed by atoms with Gasteiger partial charge in [0.1, 0.15) is 5.60 Å². The number of ketones is 4. The Kier molecular flexibility index (Phi) is 7.74. The Labute approximate surface area is 262 Å². The second-order valence-corrected chi connectivity index (χ2v) is 16.2. The van der Waals surface area contributed by atoms with Gasteiger partial charge >= 0.3 is 0 Å². The summed E-state index contributed by atoms with van der Waals surface area (Å²) in [7, 11) is 0. The summed E-state index contributed by atoms with van der Waals surface area (Å²) in [6, 6.07) is 8.66. The van der Waals surface area contributed by atoms with Crippen LogP contribution < -0.4 is 0 Å². The Bertz CT molecular complexity index is 1460. The van der Waals surface area contributed by atoms with E-state index < -0.39 is 55.9 Å². The van der Waals surface area contributed by atoms with E-state index in [2.05, 4.69) is 33.8 Å². The first-order chi connectivity index (χ1) is 20.4. The fourth-order valence-electron chi connectivity index (χ4n) is 10.3. The number of carbonyl (C=O) groups excluding carboxylic acids is 4. The molecule has 0 aliphatic heterocycles. The van der Waals surface area contributed by atoms with Gasteiger partial charge in [0, 0.05) is 5.56 Å². The molecule has 6 atom stereocenters. The lowest BCUT2D eigenvalue weighted by Gasteiger charge is -2.60. The minimum atomic E-state index is -1.99. The zero-order chi connectivity index (χ0) is 32.7. The van der Waals surface area contributed by atoms with Gasteiger partial charge in [-0.2, -0.15) is 0 Å². The van der Waals surface area contributed by atoms with E-state index in [1.165, 1.54) is 5.57 Å². The van der Waals surface area contributed by atoms with E-state index in [0.717, 1.165) is 18.4 Å². The minimum absolute atomic E-state index is 0.140. The molecule has 0 aromatic heterocycles. The Morgan fingerprint density at radius 3 is 2.18 bits per heavy atom. The first-order valence-electron chi connectivity index (χ1n) is 16.2. The molecule has 0 amide bonds. The molecule has 1 spiro atoms. The molecule has 5 aliphatic rings. The van der Waals surface area contributed by atoms with Crippen LogP contribution in [0, 0.1) is 44.8 Å². The normalized spacial score (nSPS) is 35.5. The largest absolute Gasteiger partial charge is 0.297 e. The van der Waals surface area contributed by atoms with Crippen LogP contribution in [-0.2, 0) is 19.3 Å². The summed E-state index contributed by atoms with van der Waals surface area (Å²) < 4.78 is 0. The molecule has 238 valence electrons. The molecule has 4 bridgehead atoms. The molecule has 6 heteroatoms. The molecular formula is C38H50O6. The van der Waals surface area contributed by atoms with Gasteiger partial charge in [0.15, 0.2) is 28.5 Å². The summed E-state index contributed by atoms with van der Waals surface area (Å²) in [6.07, 6.45) is 7.08. The number of hydrogen-bond donors (Lipinski definition) is 1. The van der Waals surface area contributed by atoms with Crippen molar-refractivity contribution >= 4 is 23.1 Å². The molecular weight excluding hydrogens is 552 g/mol. The lowest BCUT2D eigenvalue weighted by molar-refractivity contribution is -0.333. The SMILES string of the molecule is CC(C)=CCCC(C)=CC[C@]12C[C@@H]3C[C@@H]4C(C)(C)[C@H](C(C)(C)OO)C[C@@]4(C1=O)C(=O)[C@](C(=O)c1ccccc1)(C2=O)C3(C)C. The zero-order valence-corrected chi connectivity index (χ0v) is 28.0. The molecule has 0 heterocycles. The number of allylic oxidation sites excluding steroid dienone is 4. The molecule has 5 saturated carbocycles. The molecule has 5 aliphatic carbocycles. The molecule has 0 saturated heterocycles. The number of Topliss-reactive ketones (excluding diaryl/α,β-unsaturated/α-hetero) is 4. The highest BCUT2D eigenvalue weighted by atomic mass is 17.1. The van der Waals surface area contributed by atoms with Crippen LogP contribution in [0.2, 0.25) is 0 Å². The van der Waals surface area contributed by atoms with Crippen molar-refractivity contribution < 1.29 is 29.3 Å². The van der Waals surface area contributed by atoms with Crippen LogP contribution in [0.3, 0.4) is 0 Å². The van der Waals surface area contributed by atoms with Crippen molar-refractivity contribution in [3.63, 3.8) is 0 Å². The second-order valence-electron chi connectivity index (χ2n) is 16.2. The molecule has 1 aromatic rings. The van der Waals surface area contributed by atoms with Crippen molar-refractivity contribution in [1.82, 2.24) is 0 Å². The average Bonchev–Trinajstić information content (AvgIpc) is 3.11. The third-order valence-electron chi connectivity index (χ3n) is 12.7. The van der Waals surface area contributed by atoms with Crippen LogP contribution in [0.5, 0.6) is 0 Å². The zero-order valence-electron chi connectivity index (χ0n) is 28.0. The Morgan fingerprint density at radius 2 is 1.59 bits per heavy atom. The van der Waals surface area contributed by atoms with E-state index in [1.807, 2.05) is 26.8 Å². The molecule has 1 N–H and O–H groups in total. The van der Waals surface area contributed by atoms with Gasteiger partial charge < -0.3 is 0 Å². The van der Waals surface area contributed by atoms with Crippen molar-refractivity contribution in [2.24, 2.45) is 44.8 Å². The van der Waals surface area contributed by atoms with Crippen molar-refractivity contribution in [2.45, 2.75) is 106 Å². The number of carbonyl (C=O) groups is 4. The molecule has 1 aromatic carbocycles. The molecule has 6 rings (SSSR count). The summed E-state index contributed by atoms with van der Waals surface area (Å²) in [5, 5.41) is 10.0. The number of hydrogen-bond acceptors (Lipinski definition) is 6. The van der Waals surface area contributed by atoms with Gasteiger partial charge in [-0.15, -0.1) is 0 Å². The highest BCUT2D eigenvalue weighted by molar-refractivity contribution is 6.42. The van der Waals surface area contributed by atoms with Crippen LogP contribution in [0.1, 0.15) is 111 Å². The summed E-state index contributed by atoms with van der Waals surface area (Å²) >= 11 is 0. The Morgan fingerprint density at radius 1 is 0.955 bits per heavy atom. The number of benzene rings is 1. The van der Waals surface area contributed by atoms with E-state index in [9.17, 15) is 10.1 Å². The highest BCUT2D eigenvalue weighted by Gasteiger charge is 2.86. The summed E-state index contributed by atoms with van der Waals surface area (Å²) in [4.78, 5) is 66.0. The maximum absolute atomic E-state index is 15.5. The van der Waals surface area contributed by atoms with E-state index in [4.69, 9.17) is 4.89 Å². The van der Waals surface area contributed by atoms with Gasteiger partial charge in [0.2, 0.25) is 0 Å². The Balaban J connectivity index is 1.78. The standard InChI is InChI=1S/C38H50O6/c1-23(2)14-13-15-24(3)18-19-36-21-26-20-27-33(4,5)28(35(8,9)44-43)22-37(27,30(36)40)32(42)38(31(36)41,34(26,6)7)29(39)25-16-11-10-12-17-25/h10-12,14,16-18,26-28,43H,13,15,19-22H2,1-9H3/t26-,27+,28+,36-,37+,38-/m0/s1.